The number of hydrogen-bond acceptors (Lipinski definition) is 9. The Hall–Kier alpha value is -3.84. The zero-order valence-electron chi connectivity index (χ0n) is 18.2. The van der Waals surface area contributed by atoms with Crippen LogP contribution in [0.25, 0.3) is 0 Å². The molecule has 3 aromatic rings. The highest BCUT2D eigenvalue weighted by Gasteiger charge is 2.30. The zero-order valence-corrected chi connectivity index (χ0v) is 18.2. The number of aliphatic hydroxyl groups excluding tert-OH is 1. The second-order valence-corrected chi connectivity index (χ2v) is 7.47. The summed E-state index contributed by atoms with van der Waals surface area (Å²) >= 11 is 0. The summed E-state index contributed by atoms with van der Waals surface area (Å²) in [5.74, 6) is -0.338. The van der Waals surface area contributed by atoms with Crippen molar-refractivity contribution in [2.45, 2.75) is 12.4 Å². The van der Waals surface area contributed by atoms with E-state index in [4.69, 9.17) is 4.74 Å². The minimum absolute atomic E-state index is 0.0755. The van der Waals surface area contributed by atoms with E-state index in [2.05, 4.69) is 30.8 Å². The molecule has 0 aliphatic carbocycles. The molecule has 0 bridgehead atoms. The number of alkyl halides is 3. The van der Waals surface area contributed by atoms with Gasteiger partial charge in [-0.25, -0.2) is 14.8 Å². The van der Waals surface area contributed by atoms with Crippen LogP contribution in [-0.4, -0.2) is 52.6 Å². The number of anilines is 3. The van der Waals surface area contributed by atoms with Crippen molar-refractivity contribution in [3.63, 3.8) is 0 Å². The van der Waals surface area contributed by atoms with Gasteiger partial charge in [-0.2, -0.15) is 23.3 Å². The number of ether oxygens (including phenoxy) is 1. The summed E-state index contributed by atoms with van der Waals surface area (Å²) in [6.45, 7) is 1.95. The number of aliphatic hydroxyl groups is 1. The van der Waals surface area contributed by atoms with E-state index in [0.29, 0.717) is 37.6 Å². The number of benzene rings is 1. The number of nitrogens with zero attached hydrogens (tertiary/aromatic N) is 5. The van der Waals surface area contributed by atoms with Crippen LogP contribution in [0.3, 0.4) is 0 Å². The van der Waals surface area contributed by atoms with Crippen LogP contribution in [0.5, 0.6) is 0 Å². The predicted molar refractivity (Wildman–Crippen MR) is 121 cm³/mol. The molecule has 9 nitrogen and oxygen atoms in total. The van der Waals surface area contributed by atoms with E-state index >= 15 is 0 Å². The Bertz CT molecular complexity index is 1190. The number of halogens is 4. The molecular formula is C22H21F4N7O2. The second kappa shape index (κ2) is 10.6. The number of nitrogens with one attached hydrogen (secondary N) is 2. The average Bonchev–Trinajstić information content (AvgIpc) is 2.85. The van der Waals surface area contributed by atoms with Gasteiger partial charge in [-0.1, -0.05) is 6.07 Å². The van der Waals surface area contributed by atoms with Crippen molar-refractivity contribution in [1.82, 2.24) is 15.0 Å². The Balaban J connectivity index is 1.41. The van der Waals surface area contributed by atoms with Crippen molar-refractivity contribution >= 4 is 23.7 Å². The molecular weight excluding hydrogens is 470 g/mol. The van der Waals surface area contributed by atoms with Crippen molar-refractivity contribution in [3.05, 3.63) is 71.4 Å². The summed E-state index contributed by atoms with van der Waals surface area (Å²) in [5.41, 5.74) is 2.57. The molecule has 1 atom stereocenters. The van der Waals surface area contributed by atoms with Gasteiger partial charge in [0, 0.05) is 30.5 Å². The highest BCUT2D eigenvalue weighted by Crippen LogP contribution is 2.31. The minimum atomic E-state index is -4.49. The molecule has 4 rings (SSSR count). The van der Waals surface area contributed by atoms with Gasteiger partial charge in [-0.15, -0.1) is 0 Å². The van der Waals surface area contributed by atoms with Crippen molar-refractivity contribution in [2.75, 3.05) is 41.9 Å². The topological polar surface area (TPSA) is 108 Å². The molecule has 1 aliphatic rings. The lowest BCUT2D eigenvalue weighted by Crippen LogP contribution is -2.37. The normalized spacial score (nSPS) is 15.3. The quantitative estimate of drug-likeness (QED) is 0.200. The Morgan fingerprint density at radius 2 is 1.94 bits per heavy atom. The SMILES string of the molecule is O[C@@H](Nc1cccc(C(F)(F)F)c1)c1ccnc(/C=N/Nc2ncc(F)c(N3CCOCC3)n2)c1. The third-order valence-electron chi connectivity index (χ3n) is 5.01. The van der Waals surface area contributed by atoms with E-state index in [1.54, 1.807) is 4.90 Å². The maximum atomic E-state index is 14.1. The summed E-state index contributed by atoms with van der Waals surface area (Å²) in [6.07, 6.45) is -1.99. The van der Waals surface area contributed by atoms with E-state index in [-0.39, 0.29) is 17.5 Å². The molecule has 0 amide bonds. The highest BCUT2D eigenvalue weighted by atomic mass is 19.4. The number of morpholine rings is 1. The highest BCUT2D eigenvalue weighted by molar-refractivity contribution is 5.77. The van der Waals surface area contributed by atoms with Gasteiger partial charge < -0.3 is 20.1 Å². The van der Waals surface area contributed by atoms with Crippen LogP contribution < -0.4 is 15.6 Å². The maximum Gasteiger partial charge on any atom is 0.416 e. The largest absolute Gasteiger partial charge is 0.416 e. The Morgan fingerprint density at radius 3 is 2.71 bits per heavy atom. The molecule has 1 saturated heterocycles. The molecule has 1 fully saturated rings. The van der Waals surface area contributed by atoms with Crippen molar-refractivity contribution in [2.24, 2.45) is 5.10 Å². The van der Waals surface area contributed by atoms with Crippen molar-refractivity contribution in [3.8, 4) is 0 Å². The summed E-state index contributed by atoms with van der Waals surface area (Å²) in [4.78, 5) is 13.9. The smallest absolute Gasteiger partial charge is 0.378 e. The van der Waals surface area contributed by atoms with Gasteiger partial charge in [0.1, 0.15) is 0 Å². The number of pyridine rings is 1. The van der Waals surface area contributed by atoms with Gasteiger partial charge in [0.2, 0.25) is 5.95 Å². The Kier molecular flexibility index (Phi) is 7.36. The lowest BCUT2D eigenvalue weighted by Gasteiger charge is -2.27. The van der Waals surface area contributed by atoms with E-state index in [0.717, 1.165) is 18.3 Å². The fourth-order valence-electron chi connectivity index (χ4n) is 3.30. The predicted octanol–water partition coefficient (Wildman–Crippen LogP) is 3.42. The lowest BCUT2D eigenvalue weighted by molar-refractivity contribution is -0.137. The van der Waals surface area contributed by atoms with E-state index in [1.165, 1.54) is 36.7 Å². The lowest BCUT2D eigenvalue weighted by atomic mass is 10.1. The van der Waals surface area contributed by atoms with Crippen LogP contribution in [0.1, 0.15) is 23.0 Å². The van der Waals surface area contributed by atoms with E-state index in [9.17, 15) is 22.7 Å². The van der Waals surface area contributed by atoms with Gasteiger partial charge in [-0.05, 0) is 30.3 Å². The molecule has 13 heteroatoms. The third-order valence-corrected chi connectivity index (χ3v) is 5.01. The first-order chi connectivity index (χ1) is 16.8. The number of aromatic nitrogens is 3. The third kappa shape index (κ3) is 6.39. The van der Waals surface area contributed by atoms with Crippen LogP contribution in [0, 0.1) is 5.82 Å². The summed E-state index contributed by atoms with van der Waals surface area (Å²) in [6, 6.07) is 7.52. The maximum absolute atomic E-state index is 14.1. The first-order valence-corrected chi connectivity index (χ1v) is 10.5. The molecule has 184 valence electrons. The average molecular weight is 491 g/mol. The first kappa shape index (κ1) is 24.3. The van der Waals surface area contributed by atoms with Crippen molar-refractivity contribution < 1.29 is 27.4 Å². The minimum Gasteiger partial charge on any atom is -0.378 e. The Morgan fingerprint density at radius 1 is 1.14 bits per heavy atom. The molecule has 0 unspecified atom stereocenters. The van der Waals surface area contributed by atoms with Crippen LogP contribution in [0.15, 0.2) is 53.9 Å². The molecule has 3 heterocycles. The summed E-state index contributed by atoms with van der Waals surface area (Å²) in [7, 11) is 0. The molecule has 1 aliphatic heterocycles. The molecule has 0 radical (unpaired) electrons. The molecule has 3 N–H and O–H groups in total. The van der Waals surface area contributed by atoms with E-state index < -0.39 is 23.8 Å². The van der Waals surface area contributed by atoms with E-state index in [1.807, 2.05) is 0 Å². The van der Waals surface area contributed by atoms with Gasteiger partial charge in [0.05, 0.1) is 36.9 Å². The number of hydrogen-bond donors (Lipinski definition) is 3. The van der Waals surface area contributed by atoms with Crippen LogP contribution in [-0.2, 0) is 10.9 Å². The molecule has 35 heavy (non-hydrogen) atoms. The summed E-state index contributed by atoms with van der Waals surface area (Å²) < 4.78 is 58.1. The van der Waals surface area contributed by atoms with Crippen LogP contribution in [0.4, 0.5) is 35.0 Å². The molecule has 1 aromatic carbocycles. The standard InChI is InChI=1S/C22H21F4N7O2/c23-18-13-28-21(31-19(18)33-6-8-35-9-7-33)32-29-12-17-10-14(4-5-27-17)20(34)30-16-3-1-2-15(11-16)22(24,25)26/h1-5,10-13,20,30,34H,6-9H2,(H,28,31,32)/b29-12+/t20-/m1/s1. The molecule has 0 spiro atoms. The number of rotatable bonds is 7. The second-order valence-electron chi connectivity index (χ2n) is 7.47. The van der Waals surface area contributed by atoms with Crippen LogP contribution in [0.2, 0.25) is 0 Å². The fourth-order valence-corrected chi connectivity index (χ4v) is 3.30. The monoisotopic (exact) mass is 491 g/mol. The fraction of sp³-hybridized carbons (Fsp3) is 0.273. The first-order valence-electron chi connectivity index (χ1n) is 10.5. The Labute approximate surface area is 197 Å². The molecule has 2 aromatic heterocycles. The van der Waals surface area contributed by atoms with Gasteiger partial charge in [-0.3, -0.25) is 4.98 Å². The summed E-state index contributed by atoms with van der Waals surface area (Å²) in [5, 5.41) is 17.0. The molecule has 0 saturated carbocycles. The zero-order chi connectivity index (χ0) is 24.8. The van der Waals surface area contributed by atoms with Gasteiger partial charge in [0.15, 0.2) is 17.9 Å². The van der Waals surface area contributed by atoms with Gasteiger partial charge in [0.25, 0.3) is 0 Å². The van der Waals surface area contributed by atoms with Crippen LogP contribution >= 0.6 is 0 Å². The van der Waals surface area contributed by atoms with Crippen molar-refractivity contribution in [1.29, 1.82) is 0 Å². The number of hydrazone groups is 1. The van der Waals surface area contributed by atoms with Gasteiger partial charge >= 0.3 is 6.18 Å².